The Hall–Kier alpha value is -1.55. The Balaban J connectivity index is 2.06. The minimum atomic E-state index is 0.115. The fraction of sp³-hybridized carbons (Fsp3) is 0.500. The zero-order valence-corrected chi connectivity index (χ0v) is 11.1. The Kier molecular flexibility index (Phi) is 4.20. The summed E-state index contributed by atoms with van der Waals surface area (Å²) in [5, 5.41) is 6.17. The van der Waals surface area contributed by atoms with Gasteiger partial charge < -0.3 is 15.5 Å². The topological polar surface area (TPSA) is 44.4 Å². The molecule has 1 aliphatic heterocycles. The van der Waals surface area contributed by atoms with Crippen LogP contribution in [0, 0.1) is 6.92 Å². The lowest BCUT2D eigenvalue weighted by atomic mass is 10.1. The highest BCUT2D eigenvalue weighted by Gasteiger charge is 2.24. The van der Waals surface area contributed by atoms with E-state index in [1.165, 1.54) is 5.56 Å². The van der Waals surface area contributed by atoms with Crippen molar-refractivity contribution in [2.75, 3.05) is 31.6 Å². The average molecular weight is 247 g/mol. The third-order valence-electron chi connectivity index (χ3n) is 3.25. The van der Waals surface area contributed by atoms with Gasteiger partial charge in [-0.05, 0) is 44.6 Å². The van der Waals surface area contributed by atoms with Gasteiger partial charge in [0.05, 0.1) is 6.54 Å². The normalized spacial score (nSPS) is 19.8. The van der Waals surface area contributed by atoms with Crippen molar-refractivity contribution >= 4 is 11.6 Å². The number of aryl methyl sites for hydroxylation is 1. The molecule has 1 aromatic rings. The predicted molar refractivity (Wildman–Crippen MR) is 73.9 cm³/mol. The second kappa shape index (κ2) is 5.87. The summed E-state index contributed by atoms with van der Waals surface area (Å²) < 4.78 is 0. The lowest BCUT2D eigenvalue weighted by Gasteiger charge is -2.34. The van der Waals surface area contributed by atoms with Crippen LogP contribution in [-0.4, -0.2) is 38.6 Å². The van der Waals surface area contributed by atoms with Crippen LogP contribution in [0.5, 0.6) is 0 Å². The van der Waals surface area contributed by atoms with Crippen LogP contribution >= 0.6 is 0 Å². The third kappa shape index (κ3) is 3.23. The van der Waals surface area contributed by atoms with Crippen LogP contribution in [0.4, 0.5) is 5.69 Å². The van der Waals surface area contributed by atoms with E-state index in [9.17, 15) is 4.79 Å². The summed E-state index contributed by atoms with van der Waals surface area (Å²) in [7, 11) is 1.93. The Morgan fingerprint density at radius 2 is 2.33 bits per heavy atom. The molecular weight excluding hydrogens is 226 g/mol. The minimum Gasteiger partial charge on any atom is -0.360 e. The summed E-state index contributed by atoms with van der Waals surface area (Å²) in [6.07, 6.45) is 0.963. The number of nitrogens with one attached hydrogen (secondary N) is 2. The Labute approximate surface area is 108 Å². The van der Waals surface area contributed by atoms with Crippen molar-refractivity contribution in [3.8, 4) is 0 Å². The standard InChI is InChI=1S/C14H21N3O/c1-11-4-3-5-13(8-11)17-9-12(6-7-15-2)16-14(18)10-17/h3-5,8,12,15H,6-7,9-10H2,1-2H3,(H,16,18). The van der Waals surface area contributed by atoms with Gasteiger partial charge in [-0.2, -0.15) is 0 Å². The van der Waals surface area contributed by atoms with Gasteiger partial charge in [0.2, 0.25) is 5.91 Å². The molecule has 4 heteroatoms. The number of benzene rings is 1. The first-order valence-corrected chi connectivity index (χ1v) is 6.44. The molecule has 2 rings (SSSR count). The van der Waals surface area contributed by atoms with Crippen LogP contribution in [-0.2, 0) is 4.79 Å². The van der Waals surface area contributed by atoms with E-state index >= 15 is 0 Å². The van der Waals surface area contributed by atoms with E-state index in [1.807, 2.05) is 13.1 Å². The van der Waals surface area contributed by atoms with Crippen molar-refractivity contribution in [3.63, 3.8) is 0 Å². The van der Waals surface area contributed by atoms with E-state index < -0.39 is 0 Å². The molecule has 2 N–H and O–H groups in total. The molecule has 4 nitrogen and oxygen atoms in total. The van der Waals surface area contributed by atoms with E-state index in [1.54, 1.807) is 0 Å². The first kappa shape index (κ1) is 12.9. The fourth-order valence-electron chi connectivity index (χ4n) is 2.33. The molecule has 0 bridgehead atoms. The van der Waals surface area contributed by atoms with Gasteiger partial charge in [0.15, 0.2) is 0 Å². The summed E-state index contributed by atoms with van der Waals surface area (Å²) in [4.78, 5) is 13.9. The van der Waals surface area contributed by atoms with Crippen molar-refractivity contribution < 1.29 is 4.79 Å². The van der Waals surface area contributed by atoms with Gasteiger partial charge in [0.1, 0.15) is 0 Å². The quantitative estimate of drug-likeness (QED) is 0.831. The second-order valence-electron chi connectivity index (χ2n) is 4.88. The zero-order valence-electron chi connectivity index (χ0n) is 11.1. The maximum Gasteiger partial charge on any atom is 0.239 e. The van der Waals surface area contributed by atoms with Gasteiger partial charge in [-0.25, -0.2) is 0 Å². The highest BCUT2D eigenvalue weighted by atomic mass is 16.2. The highest BCUT2D eigenvalue weighted by molar-refractivity contribution is 5.83. The van der Waals surface area contributed by atoms with E-state index in [-0.39, 0.29) is 11.9 Å². The minimum absolute atomic E-state index is 0.115. The van der Waals surface area contributed by atoms with Crippen LogP contribution < -0.4 is 15.5 Å². The van der Waals surface area contributed by atoms with Crippen LogP contribution in [0.1, 0.15) is 12.0 Å². The van der Waals surface area contributed by atoms with E-state index in [2.05, 4.69) is 40.7 Å². The third-order valence-corrected chi connectivity index (χ3v) is 3.25. The first-order valence-electron chi connectivity index (χ1n) is 6.44. The largest absolute Gasteiger partial charge is 0.360 e. The molecule has 1 fully saturated rings. The molecule has 18 heavy (non-hydrogen) atoms. The van der Waals surface area contributed by atoms with Crippen molar-refractivity contribution in [2.45, 2.75) is 19.4 Å². The predicted octanol–water partition coefficient (Wildman–Crippen LogP) is 0.909. The Morgan fingerprint density at radius 3 is 3.06 bits per heavy atom. The van der Waals surface area contributed by atoms with Crippen LogP contribution in [0.15, 0.2) is 24.3 Å². The monoisotopic (exact) mass is 247 g/mol. The summed E-state index contributed by atoms with van der Waals surface area (Å²) in [6.45, 7) is 4.34. The van der Waals surface area contributed by atoms with Gasteiger partial charge in [-0.3, -0.25) is 4.79 Å². The molecule has 0 radical (unpaired) electrons. The highest BCUT2D eigenvalue weighted by Crippen LogP contribution is 2.18. The lowest BCUT2D eigenvalue weighted by molar-refractivity contribution is -0.121. The number of anilines is 1. The van der Waals surface area contributed by atoms with E-state index in [0.717, 1.165) is 25.2 Å². The zero-order chi connectivity index (χ0) is 13.0. The van der Waals surface area contributed by atoms with Crippen molar-refractivity contribution in [1.82, 2.24) is 10.6 Å². The lowest BCUT2D eigenvalue weighted by Crippen LogP contribution is -2.54. The second-order valence-corrected chi connectivity index (χ2v) is 4.88. The molecule has 1 heterocycles. The number of hydrogen-bond acceptors (Lipinski definition) is 3. The number of amides is 1. The molecule has 0 spiro atoms. The SMILES string of the molecule is CNCCC1CN(c2cccc(C)c2)CC(=O)N1. The van der Waals surface area contributed by atoms with Gasteiger partial charge in [0.25, 0.3) is 0 Å². The van der Waals surface area contributed by atoms with Crippen molar-refractivity contribution in [2.24, 2.45) is 0 Å². The number of carbonyl (C=O) groups is 1. The molecule has 0 saturated carbocycles. The summed E-state index contributed by atoms with van der Waals surface area (Å²) in [6, 6.07) is 8.56. The first-order chi connectivity index (χ1) is 8.69. The molecule has 1 aromatic carbocycles. The number of carbonyl (C=O) groups excluding carboxylic acids is 1. The van der Waals surface area contributed by atoms with Crippen molar-refractivity contribution in [3.05, 3.63) is 29.8 Å². The molecule has 0 aliphatic carbocycles. The van der Waals surface area contributed by atoms with Crippen LogP contribution in [0.25, 0.3) is 0 Å². The van der Waals surface area contributed by atoms with E-state index in [4.69, 9.17) is 0 Å². The summed E-state index contributed by atoms with van der Waals surface area (Å²) >= 11 is 0. The number of nitrogens with zero attached hydrogens (tertiary/aromatic N) is 1. The van der Waals surface area contributed by atoms with Crippen LogP contribution in [0.2, 0.25) is 0 Å². The van der Waals surface area contributed by atoms with Gasteiger partial charge in [-0.15, -0.1) is 0 Å². The molecule has 1 saturated heterocycles. The molecule has 1 unspecified atom stereocenters. The molecule has 1 amide bonds. The molecule has 1 aliphatic rings. The average Bonchev–Trinajstić information content (AvgIpc) is 2.36. The smallest absolute Gasteiger partial charge is 0.239 e. The fourth-order valence-corrected chi connectivity index (χ4v) is 2.33. The maximum absolute atomic E-state index is 11.7. The van der Waals surface area contributed by atoms with Gasteiger partial charge >= 0.3 is 0 Å². The molecule has 0 aromatic heterocycles. The Bertz CT molecular complexity index is 419. The number of hydrogen-bond donors (Lipinski definition) is 2. The maximum atomic E-state index is 11.7. The Morgan fingerprint density at radius 1 is 1.50 bits per heavy atom. The van der Waals surface area contributed by atoms with Crippen LogP contribution in [0.3, 0.4) is 0 Å². The molecule has 98 valence electrons. The van der Waals surface area contributed by atoms with E-state index in [0.29, 0.717) is 6.54 Å². The number of rotatable bonds is 4. The molecular formula is C14H21N3O. The number of piperazine rings is 1. The van der Waals surface area contributed by atoms with Crippen molar-refractivity contribution in [1.29, 1.82) is 0 Å². The summed E-state index contributed by atoms with van der Waals surface area (Å²) in [5.41, 5.74) is 2.37. The van der Waals surface area contributed by atoms with Gasteiger partial charge in [0, 0.05) is 18.3 Å². The summed E-state index contributed by atoms with van der Waals surface area (Å²) in [5.74, 6) is 0.115. The molecule has 1 atom stereocenters. The van der Waals surface area contributed by atoms with Gasteiger partial charge in [-0.1, -0.05) is 12.1 Å².